The summed E-state index contributed by atoms with van der Waals surface area (Å²) in [5.41, 5.74) is 8.69. The number of hydrogen-bond donors (Lipinski definition) is 2. The van der Waals surface area contributed by atoms with E-state index in [0.29, 0.717) is 10.7 Å². The minimum Gasteiger partial charge on any atom is -0.398 e. The van der Waals surface area contributed by atoms with Crippen molar-refractivity contribution < 1.29 is 4.74 Å². The van der Waals surface area contributed by atoms with Crippen LogP contribution < -0.4 is 11.1 Å². The fraction of sp³-hybridized carbons (Fsp3) is 0.200. The average Bonchev–Trinajstić information content (AvgIpc) is 3.20. The van der Waals surface area contributed by atoms with E-state index in [1.807, 2.05) is 36.4 Å². The summed E-state index contributed by atoms with van der Waals surface area (Å²) in [6, 6.07) is 15.9. The van der Waals surface area contributed by atoms with Crippen molar-refractivity contribution in [3.8, 4) is 0 Å². The molecular formula is C15H15ClN2O. The lowest BCUT2D eigenvalue weighted by molar-refractivity contribution is 0.346. The van der Waals surface area contributed by atoms with Crippen molar-refractivity contribution in [1.29, 1.82) is 0 Å². The number of rotatable bonds is 4. The van der Waals surface area contributed by atoms with Gasteiger partial charge in [-0.15, -0.1) is 0 Å². The summed E-state index contributed by atoms with van der Waals surface area (Å²) in [4.78, 5) is 0. The molecule has 3 nitrogen and oxygen atoms in total. The largest absolute Gasteiger partial charge is 0.398 e. The van der Waals surface area contributed by atoms with Gasteiger partial charge in [0, 0.05) is 6.54 Å². The Morgan fingerprint density at radius 3 is 2.68 bits per heavy atom. The van der Waals surface area contributed by atoms with Gasteiger partial charge in [-0.05, 0) is 23.3 Å². The summed E-state index contributed by atoms with van der Waals surface area (Å²) in [5, 5.41) is 3.94. The average molecular weight is 275 g/mol. The zero-order valence-corrected chi connectivity index (χ0v) is 11.1. The van der Waals surface area contributed by atoms with Crippen molar-refractivity contribution in [1.82, 2.24) is 5.32 Å². The Balaban J connectivity index is 1.57. The first-order chi connectivity index (χ1) is 9.24. The highest BCUT2D eigenvalue weighted by Crippen LogP contribution is 2.38. The molecule has 3 rings (SSSR count). The number of hydrogen-bond acceptors (Lipinski definition) is 3. The van der Waals surface area contributed by atoms with Crippen LogP contribution in [0.1, 0.15) is 17.2 Å². The van der Waals surface area contributed by atoms with Gasteiger partial charge in [-0.25, -0.2) is 0 Å². The second-order valence-electron chi connectivity index (χ2n) is 4.62. The van der Waals surface area contributed by atoms with E-state index in [1.54, 1.807) is 0 Å². The highest BCUT2D eigenvalue weighted by Gasteiger charge is 2.39. The Hall–Kier alpha value is -1.55. The van der Waals surface area contributed by atoms with Crippen LogP contribution in [0.4, 0.5) is 5.69 Å². The summed E-state index contributed by atoms with van der Waals surface area (Å²) in [6.07, 6.45) is 0.129. The zero-order valence-electron chi connectivity index (χ0n) is 10.3. The Bertz CT molecular complexity index is 574. The third-order valence-electron chi connectivity index (χ3n) is 3.19. The number of anilines is 1. The molecule has 19 heavy (non-hydrogen) atoms. The molecule has 2 aromatic carbocycles. The molecule has 4 heteroatoms. The highest BCUT2D eigenvalue weighted by molar-refractivity contribution is 6.33. The van der Waals surface area contributed by atoms with Gasteiger partial charge < -0.3 is 10.5 Å². The molecule has 0 radical (unpaired) electrons. The molecule has 1 saturated heterocycles. The van der Waals surface area contributed by atoms with Crippen LogP contribution in [0.5, 0.6) is 0 Å². The predicted molar refractivity (Wildman–Crippen MR) is 76.8 cm³/mol. The summed E-state index contributed by atoms with van der Waals surface area (Å²) in [7, 11) is 0. The van der Waals surface area contributed by atoms with E-state index in [-0.39, 0.29) is 12.3 Å². The van der Waals surface area contributed by atoms with Gasteiger partial charge in [-0.2, -0.15) is 0 Å². The fourth-order valence-electron chi connectivity index (χ4n) is 2.07. The van der Waals surface area contributed by atoms with Crippen LogP contribution in [0.2, 0.25) is 5.02 Å². The van der Waals surface area contributed by atoms with Crippen LogP contribution >= 0.6 is 11.6 Å². The van der Waals surface area contributed by atoms with Gasteiger partial charge in [-0.3, -0.25) is 5.32 Å². The van der Waals surface area contributed by atoms with Crippen LogP contribution in [-0.2, 0) is 11.3 Å². The topological polar surface area (TPSA) is 50.6 Å². The van der Waals surface area contributed by atoms with Crippen LogP contribution in [0.15, 0.2) is 48.5 Å². The van der Waals surface area contributed by atoms with Crippen LogP contribution in [0.3, 0.4) is 0 Å². The minimum atomic E-state index is 0.0563. The van der Waals surface area contributed by atoms with Crippen molar-refractivity contribution in [3.05, 3.63) is 64.7 Å². The van der Waals surface area contributed by atoms with Crippen molar-refractivity contribution in [3.63, 3.8) is 0 Å². The van der Waals surface area contributed by atoms with Crippen LogP contribution in [0.25, 0.3) is 0 Å². The first-order valence-electron chi connectivity index (χ1n) is 6.22. The van der Waals surface area contributed by atoms with E-state index in [1.165, 1.54) is 5.56 Å². The molecule has 0 aliphatic carbocycles. The van der Waals surface area contributed by atoms with E-state index in [9.17, 15) is 0 Å². The molecule has 1 heterocycles. The van der Waals surface area contributed by atoms with Gasteiger partial charge in [0.15, 0.2) is 0 Å². The maximum absolute atomic E-state index is 5.90. The monoisotopic (exact) mass is 274 g/mol. The minimum absolute atomic E-state index is 0.0563. The van der Waals surface area contributed by atoms with E-state index < -0.39 is 0 Å². The Kier molecular flexibility index (Phi) is 3.42. The highest BCUT2D eigenvalue weighted by atomic mass is 35.5. The molecule has 2 unspecified atom stereocenters. The smallest absolute Gasteiger partial charge is 0.140 e. The maximum atomic E-state index is 5.90. The Morgan fingerprint density at radius 1 is 1.16 bits per heavy atom. The van der Waals surface area contributed by atoms with E-state index >= 15 is 0 Å². The molecule has 1 aliphatic heterocycles. The molecule has 98 valence electrons. The summed E-state index contributed by atoms with van der Waals surface area (Å²) in [5.74, 6) is 0. The van der Waals surface area contributed by atoms with E-state index in [4.69, 9.17) is 22.1 Å². The third-order valence-corrected chi connectivity index (χ3v) is 3.53. The van der Waals surface area contributed by atoms with Crippen LogP contribution in [-0.4, -0.2) is 6.23 Å². The lowest BCUT2D eigenvalue weighted by atomic mass is 10.1. The SMILES string of the molecule is Nc1cc(C2OC2NCc2ccccc2)ccc1Cl. The van der Waals surface area contributed by atoms with Gasteiger partial charge in [-0.1, -0.05) is 48.0 Å². The second-order valence-corrected chi connectivity index (χ2v) is 5.03. The number of epoxide rings is 1. The summed E-state index contributed by atoms with van der Waals surface area (Å²) < 4.78 is 5.61. The number of benzene rings is 2. The van der Waals surface area contributed by atoms with Gasteiger partial charge in [0.2, 0.25) is 0 Å². The molecule has 3 N–H and O–H groups in total. The lowest BCUT2D eigenvalue weighted by Gasteiger charge is -2.02. The third kappa shape index (κ3) is 2.89. The molecule has 1 aliphatic rings. The number of nitrogen functional groups attached to an aromatic ring is 1. The van der Waals surface area contributed by atoms with Crippen molar-refractivity contribution in [2.75, 3.05) is 5.73 Å². The number of nitrogens with two attached hydrogens (primary N) is 1. The number of halogens is 1. The quantitative estimate of drug-likeness (QED) is 0.665. The lowest BCUT2D eigenvalue weighted by Crippen LogP contribution is -2.17. The summed E-state index contributed by atoms with van der Waals surface area (Å²) in [6.45, 7) is 0.797. The zero-order chi connectivity index (χ0) is 13.2. The molecule has 0 aromatic heterocycles. The fourth-order valence-corrected chi connectivity index (χ4v) is 2.19. The van der Waals surface area contributed by atoms with Crippen molar-refractivity contribution in [2.45, 2.75) is 18.9 Å². The predicted octanol–water partition coefficient (Wildman–Crippen LogP) is 3.11. The Morgan fingerprint density at radius 2 is 1.95 bits per heavy atom. The molecule has 0 saturated carbocycles. The maximum Gasteiger partial charge on any atom is 0.140 e. The molecule has 0 amide bonds. The first-order valence-corrected chi connectivity index (χ1v) is 6.59. The van der Waals surface area contributed by atoms with Gasteiger partial charge in [0.05, 0.1) is 10.7 Å². The number of ether oxygens (including phenoxy) is 1. The molecule has 0 spiro atoms. The van der Waals surface area contributed by atoms with Gasteiger partial charge in [0.25, 0.3) is 0 Å². The van der Waals surface area contributed by atoms with Gasteiger partial charge >= 0.3 is 0 Å². The second kappa shape index (κ2) is 5.21. The van der Waals surface area contributed by atoms with E-state index in [0.717, 1.165) is 12.1 Å². The standard InChI is InChI=1S/C15H15ClN2O/c16-12-7-6-11(8-13(12)17)14-15(19-14)18-9-10-4-2-1-3-5-10/h1-8,14-15,18H,9,17H2. The number of nitrogens with one attached hydrogen (secondary N) is 1. The molecule has 1 fully saturated rings. The first kappa shape index (κ1) is 12.5. The van der Waals surface area contributed by atoms with Crippen LogP contribution in [0, 0.1) is 0 Å². The van der Waals surface area contributed by atoms with Crippen molar-refractivity contribution in [2.24, 2.45) is 0 Å². The molecule has 2 atom stereocenters. The van der Waals surface area contributed by atoms with E-state index in [2.05, 4.69) is 17.4 Å². The molecule has 2 aromatic rings. The van der Waals surface area contributed by atoms with Gasteiger partial charge in [0.1, 0.15) is 12.3 Å². The normalized spacial score (nSPS) is 21.3. The summed E-state index contributed by atoms with van der Waals surface area (Å²) >= 11 is 5.90. The molecule has 0 bridgehead atoms. The molecular weight excluding hydrogens is 260 g/mol. The Labute approximate surface area is 117 Å². The van der Waals surface area contributed by atoms with Crippen molar-refractivity contribution >= 4 is 17.3 Å².